The first kappa shape index (κ1) is 32.5. The van der Waals surface area contributed by atoms with Gasteiger partial charge in [-0.1, -0.05) is 91.0 Å². The average Bonchev–Trinajstić information content (AvgIpc) is 3.08. The van der Waals surface area contributed by atoms with Crippen LogP contribution in [0.25, 0.3) is 0 Å². The number of carbonyl (C=O) groups excluding carboxylic acids is 2. The van der Waals surface area contributed by atoms with Crippen LogP contribution in [-0.2, 0) is 34.1 Å². The van der Waals surface area contributed by atoms with Gasteiger partial charge in [-0.25, -0.2) is 9.59 Å². The molecule has 1 aliphatic carbocycles. The molecule has 10 heteroatoms. The third kappa shape index (κ3) is 8.02. The lowest BCUT2D eigenvalue weighted by molar-refractivity contribution is -0.190. The summed E-state index contributed by atoms with van der Waals surface area (Å²) in [4.78, 5) is 25.9. The fourth-order valence-corrected chi connectivity index (χ4v) is 5.18. The van der Waals surface area contributed by atoms with E-state index in [9.17, 15) is 24.9 Å². The van der Waals surface area contributed by atoms with Gasteiger partial charge in [0.25, 0.3) is 0 Å². The second-order valence-electron chi connectivity index (χ2n) is 11.1. The van der Waals surface area contributed by atoms with Crippen molar-refractivity contribution < 1.29 is 48.6 Å². The molecule has 1 fully saturated rings. The first-order chi connectivity index (χ1) is 22.3. The molecular formula is C36H36O10. The second kappa shape index (κ2) is 14.9. The first-order valence-corrected chi connectivity index (χ1v) is 14.8. The third-order valence-electron chi connectivity index (χ3n) is 7.64. The molecule has 4 atom stereocenters. The molecule has 0 heterocycles. The van der Waals surface area contributed by atoms with Gasteiger partial charge in [0.05, 0.1) is 18.8 Å². The van der Waals surface area contributed by atoms with E-state index in [1.807, 2.05) is 91.0 Å². The third-order valence-corrected chi connectivity index (χ3v) is 7.64. The van der Waals surface area contributed by atoms with Crippen molar-refractivity contribution in [1.82, 2.24) is 0 Å². The lowest BCUT2D eigenvalue weighted by Gasteiger charge is -2.39. The molecule has 0 unspecified atom stereocenters. The van der Waals surface area contributed by atoms with Gasteiger partial charge >= 0.3 is 11.9 Å². The number of rotatable bonds is 12. The molecule has 0 saturated heterocycles. The zero-order valence-corrected chi connectivity index (χ0v) is 25.3. The highest BCUT2D eigenvalue weighted by Gasteiger charge is 2.51. The molecule has 0 aromatic heterocycles. The molecule has 10 nitrogen and oxygen atoms in total. The number of esters is 2. The van der Waals surface area contributed by atoms with Gasteiger partial charge in [-0.2, -0.15) is 0 Å². The number of methoxy groups -OCH3 is 1. The zero-order chi connectivity index (χ0) is 32.5. The van der Waals surface area contributed by atoms with E-state index in [-0.39, 0.29) is 42.6 Å². The Bertz CT molecular complexity index is 1530. The molecule has 3 N–H and O–H groups in total. The van der Waals surface area contributed by atoms with Crippen molar-refractivity contribution in [1.29, 1.82) is 0 Å². The number of carbonyl (C=O) groups is 2. The van der Waals surface area contributed by atoms with E-state index in [4.69, 9.17) is 18.9 Å². The fraction of sp³-hybridized carbons (Fsp3) is 0.278. The molecule has 46 heavy (non-hydrogen) atoms. The summed E-state index contributed by atoms with van der Waals surface area (Å²) in [5.41, 5.74) is 0.487. The number of aliphatic hydroxyl groups is 3. The van der Waals surface area contributed by atoms with Crippen LogP contribution >= 0.6 is 0 Å². The number of ether oxygens (including phenoxy) is 5. The number of hydrogen-bond donors (Lipinski definition) is 3. The maximum absolute atomic E-state index is 13.6. The van der Waals surface area contributed by atoms with Gasteiger partial charge in [-0.3, -0.25) is 0 Å². The summed E-state index contributed by atoms with van der Waals surface area (Å²) in [7, 11) is 1.09. The van der Waals surface area contributed by atoms with Gasteiger partial charge in [0.2, 0.25) is 5.75 Å². The lowest BCUT2D eigenvalue weighted by Crippen LogP contribution is -2.57. The van der Waals surface area contributed by atoms with Gasteiger partial charge in [0.15, 0.2) is 17.1 Å². The standard InChI is InChI=1S/C36H36O10/c1-42-35(40)36(41)19-28(37)32(38)31(20-36)46-34(39)27-17-29(43-21-24-11-5-2-6-12-24)33(45-23-26-15-9-4-10-16-26)30(18-27)44-22-25-13-7-3-8-14-25/h2-18,28,31-32,37-38,41H,19-23H2,1H3/t28-,31-,32-,36+/m1/s1. The topological polar surface area (TPSA) is 141 Å². The molecule has 5 rings (SSSR count). The Morgan fingerprint density at radius 3 is 1.63 bits per heavy atom. The molecule has 0 radical (unpaired) electrons. The summed E-state index contributed by atoms with van der Waals surface area (Å²) in [6, 6.07) is 31.3. The van der Waals surface area contributed by atoms with Gasteiger partial charge in [0.1, 0.15) is 32.0 Å². The number of aliphatic hydroxyl groups excluding tert-OH is 2. The highest BCUT2D eigenvalue weighted by molar-refractivity contribution is 5.91. The Kier molecular flexibility index (Phi) is 10.5. The van der Waals surface area contributed by atoms with Crippen LogP contribution in [0.3, 0.4) is 0 Å². The van der Waals surface area contributed by atoms with Crippen molar-refractivity contribution in [3.8, 4) is 17.2 Å². The Morgan fingerprint density at radius 2 is 1.17 bits per heavy atom. The van der Waals surface area contributed by atoms with Crippen LogP contribution in [0.5, 0.6) is 17.2 Å². The van der Waals surface area contributed by atoms with Crippen molar-refractivity contribution in [3.05, 3.63) is 125 Å². The largest absolute Gasteiger partial charge is 0.485 e. The van der Waals surface area contributed by atoms with Crippen molar-refractivity contribution in [3.63, 3.8) is 0 Å². The minimum atomic E-state index is -2.15. The maximum Gasteiger partial charge on any atom is 0.338 e. The van der Waals surface area contributed by atoms with Crippen LogP contribution < -0.4 is 14.2 Å². The highest BCUT2D eigenvalue weighted by atomic mass is 16.6. The zero-order valence-electron chi connectivity index (χ0n) is 25.3. The molecule has 1 saturated carbocycles. The lowest BCUT2D eigenvalue weighted by atomic mass is 9.79. The van der Waals surface area contributed by atoms with Gasteiger partial charge < -0.3 is 39.0 Å². The summed E-state index contributed by atoms with van der Waals surface area (Å²) >= 11 is 0. The fourth-order valence-electron chi connectivity index (χ4n) is 5.18. The highest BCUT2D eigenvalue weighted by Crippen LogP contribution is 2.41. The smallest absolute Gasteiger partial charge is 0.338 e. The molecule has 0 bridgehead atoms. The van der Waals surface area contributed by atoms with Crippen molar-refractivity contribution >= 4 is 11.9 Å². The van der Waals surface area contributed by atoms with Crippen LogP contribution in [0.15, 0.2) is 103 Å². The van der Waals surface area contributed by atoms with Crippen LogP contribution in [0.4, 0.5) is 0 Å². The van der Waals surface area contributed by atoms with Gasteiger partial charge in [-0.15, -0.1) is 0 Å². The SMILES string of the molecule is COC(=O)[C@]1(O)C[C@@H](O)[C@@H](O)[C@H](OC(=O)c2cc(OCc3ccccc3)c(OCc3ccccc3)c(OCc3ccccc3)c2)C1. The average molecular weight is 629 g/mol. The molecule has 240 valence electrons. The molecule has 0 spiro atoms. The maximum atomic E-state index is 13.6. The van der Waals surface area contributed by atoms with Crippen molar-refractivity contribution in [2.24, 2.45) is 0 Å². The van der Waals surface area contributed by atoms with E-state index >= 15 is 0 Å². The number of benzene rings is 4. The van der Waals surface area contributed by atoms with E-state index < -0.39 is 48.7 Å². The summed E-state index contributed by atoms with van der Waals surface area (Å²) in [6.07, 6.45) is -5.46. The van der Waals surface area contributed by atoms with Crippen LogP contribution in [0.1, 0.15) is 39.9 Å². The molecule has 4 aromatic carbocycles. The predicted octanol–water partition coefficient (Wildman–Crippen LogP) is 4.37. The van der Waals surface area contributed by atoms with Crippen LogP contribution in [-0.4, -0.2) is 58.3 Å². The van der Waals surface area contributed by atoms with E-state index in [0.717, 1.165) is 23.8 Å². The summed E-state index contributed by atoms with van der Waals surface area (Å²) in [5.74, 6) is -1.25. The molecule has 4 aromatic rings. The minimum absolute atomic E-state index is 0.00736. The quantitative estimate of drug-likeness (QED) is 0.194. The Morgan fingerprint density at radius 1 is 0.717 bits per heavy atom. The van der Waals surface area contributed by atoms with Gasteiger partial charge in [0, 0.05) is 12.8 Å². The first-order valence-electron chi connectivity index (χ1n) is 14.8. The monoisotopic (exact) mass is 628 g/mol. The Labute approximate surface area is 266 Å². The van der Waals surface area contributed by atoms with Gasteiger partial charge in [-0.05, 0) is 28.8 Å². The van der Waals surface area contributed by atoms with Crippen LogP contribution in [0, 0.1) is 0 Å². The molecule has 0 amide bonds. The van der Waals surface area contributed by atoms with Crippen LogP contribution in [0.2, 0.25) is 0 Å². The number of hydrogen-bond acceptors (Lipinski definition) is 10. The van der Waals surface area contributed by atoms with E-state index in [0.29, 0.717) is 0 Å². The minimum Gasteiger partial charge on any atom is -0.485 e. The Balaban J connectivity index is 1.48. The second-order valence-corrected chi connectivity index (χ2v) is 11.1. The summed E-state index contributed by atoms with van der Waals surface area (Å²) < 4.78 is 28.9. The van der Waals surface area contributed by atoms with E-state index in [2.05, 4.69) is 4.74 Å². The molecule has 0 aliphatic heterocycles. The van der Waals surface area contributed by atoms with E-state index in [1.165, 1.54) is 12.1 Å². The Hall–Kier alpha value is -4.90. The normalized spacial score (nSPS) is 20.7. The summed E-state index contributed by atoms with van der Waals surface area (Å²) in [6.45, 7) is 0.490. The summed E-state index contributed by atoms with van der Waals surface area (Å²) in [5, 5.41) is 31.8. The molecule has 1 aliphatic rings. The van der Waals surface area contributed by atoms with Crippen molar-refractivity contribution in [2.45, 2.75) is 56.6 Å². The van der Waals surface area contributed by atoms with E-state index in [1.54, 1.807) is 0 Å². The predicted molar refractivity (Wildman–Crippen MR) is 166 cm³/mol. The molecular weight excluding hydrogens is 592 g/mol. The van der Waals surface area contributed by atoms with Crippen molar-refractivity contribution in [2.75, 3.05) is 7.11 Å².